The lowest BCUT2D eigenvalue weighted by molar-refractivity contribution is -0.186. The summed E-state index contributed by atoms with van der Waals surface area (Å²) < 4.78 is 14.7. The minimum atomic E-state index is -2.46. The number of benzene rings is 2. The van der Waals surface area contributed by atoms with Gasteiger partial charge in [-0.3, -0.25) is 9.69 Å². The second kappa shape index (κ2) is 10.2. The average molecular weight is 427 g/mol. The summed E-state index contributed by atoms with van der Waals surface area (Å²) in [6.45, 7) is 8.50. The predicted octanol–water partition coefficient (Wildman–Crippen LogP) is 4.03. The number of carbonyl (C=O) groups is 2. The molecule has 0 heterocycles. The second-order valence-corrected chi connectivity index (χ2v) is 9.20. The molecule has 1 unspecified atom stereocenters. The summed E-state index contributed by atoms with van der Waals surface area (Å²) in [6.07, 6.45) is 0.00777. The maximum absolute atomic E-state index is 13.9. The zero-order valence-electron chi connectivity index (χ0n) is 20.4. The van der Waals surface area contributed by atoms with Crippen LogP contribution in [0.4, 0.5) is 0 Å². The van der Waals surface area contributed by atoms with Gasteiger partial charge in [0.05, 0.1) is 7.39 Å². The molecule has 2 aromatic carbocycles. The molecule has 0 aliphatic carbocycles. The fourth-order valence-corrected chi connectivity index (χ4v) is 3.30. The largest absolute Gasteiger partial charge is 0.457 e. The third-order valence-electron chi connectivity index (χ3n) is 5.09. The topological polar surface area (TPSA) is 66.8 Å². The Morgan fingerprint density at radius 1 is 1.00 bits per heavy atom. The monoisotopic (exact) mass is 426 g/mol. The van der Waals surface area contributed by atoms with Gasteiger partial charge in [0.15, 0.2) is 5.78 Å². The Kier molecular flexibility index (Phi) is 7.63. The van der Waals surface area contributed by atoms with Crippen molar-refractivity contribution >= 4 is 11.8 Å². The SMILES string of the molecule is [2H][C@](Cc1ccccc1)(C(=O)C(O)(C(=O)OC(C)(C)C)C(C)C)N(C)Cc1ccccc1. The Balaban J connectivity index is 2.52. The van der Waals surface area contributed by atoms with Crippen molar-refractivity contribution in [1.29, 1.82) is 0 Å². The minimum absolute atomic E-state index is 0.00777. The number of Topliss-reactive ketones (excluding diaryl/α,β-unsaturated/α-hetero) is 1. The predicted molar refractivity (Wildman–Crippen MR) is 122 cm³/mol. The molecule has 2 aromatic rings. The van der Waals surface area contributed by atoms with Gasteiger partial charge in [-0.2, -0.15) is 0 Å². The number of nitrogens with zero attached hydrogens (tertiary/aromatic N) is 1. The summed E-state index contributed by atoms with van der Waals surface area (Å²) in [6, 6.07) is 16.8. The first-order valence-electron chi connectivity index (χ1n) is 11.1. The third-order valence-corrected chi connectivity index (χ3v) is 5.09. The molecule has 2 atom stereocenters. The Morgan fingerprint density at radius 3 is 1.94 bits per heavy atom. The molecule has 31 heavy (non-hydrogen) atoms. The molecule has 2 rings (SSSR count). The zero-order valence-corrected chi connectivity index (χ0v) is 19.4. The number of aliphatic hydroxyl groups is 1. The van der Waals surface area contributed by atoms with Crippen LogP contribution in [-0.4, -0.2) is 46.0 Å². The molecule has 0 spiro atoms. The van der Waals surface area contributed by atoms with E-state index >= 15 is 0 Å². The van der Waals surface area contributed by atoms with Gasteiger partial charge in [0.1, 0.15) is 5.60 Å². The van der Waals surface area contributed by atoms with E-state index in [1.165, 1.54) is 0 Å². The third kappa shape index (κ3) is 6.49. The lowest BCUT2D eigenvalue weighted by atomic mass is 9.80. The van der Waals surface area contributed by atoms with Crippen molar-refractivity contribution in [3.05, 3.63) is 71.8 Å². The van der Waals surface area contributed by atoms with Gasteiger partial charge in [-0.1, -0.05) is 74.5 Å². The summed E-state index contributed by atoms with van der Waals surface area (Å²) in [4.78, 5) is 28.5. The first kappa shape index (κ1) is 23.2. The van der Waals surface area contributed by atoms with Crippen molar-refractivity contribution < 1.29 is 20.8 Å². The Labute approximate surface area is 187 Å². The number of esters is 1. The number of likely N-dealkylation sites (N-methyl/N-ethyl adjacent to an activating group) is 1. The van der Waals surface area contributed by atoms with Gasteiger partial charge >= 0.3 is 5.97 Å². The molecule has 1 N–H and O–H groups in total. The molecule has 5 heteroatoms. The van der Waals surface area contributed by atoms with Crippen LogP contribution in [0.5, 0.6) is 0 Å². The highest BCUT2D eigenvalue weighted by molar-refractivity contribution is 6.09. The summed E-state index contributed by atoms with van der Waals surface area (Å²) >= 11 is 0. The molecular formula is C26H35NO4. The van der Waals surface area contributed by atoms with E-state index in [1.807, 2.05) is 60.7 Å². The van der Waals surface area contributed by atoms with Crippen LogP contribution < -0.4 is 0 Å². The quantitative estimate of drug-likeness (QED) is 0.484. The summed E-state index contributed by atoms with van der Waals surface area (Å²) in [5.74, 6) is -2.70. The van der Waals surface area contributed by atoms with Crippen LogP contribution in [0.2, 0.25) is 0 Å². The highest BCUT2D eigenvalue weighted by Gasteiger charge is 2.52. The molecule has 0 aliphatic heterocycles. The van der Waals surface area contributed by atoms with Crippen molar-refractivity contribution in [2.24, 2.45) is 5.92 Å². The number of hydrogen-bond donors (Lipinski definition) is 1. The first-order chi connectivity index (χ1) is 14.8. The summed E-state index contributed by atoms with van der Waals surface area (Å²) in [5, 5.41) is 11.4. The van der Waals surface area contributed by atoms with E-state index in [0.717, 1.165) is 11.1 Å². The van der Waals surface area contributed by atoms with Crippen molar-refractivity contribution in [1.82, 2.24) is 4.90 Å². The van der Waals surface area contributed by atoms with E-state index in [9.17, 15) is 16.1 Å². The first-order valence-corrected chi connectivity index (χ1v) is 10.6. The van der Waals surface area contributed by atoms with Crippen molar-refractivity contribution in [3.63, 3.8) is 0 Å². The smallest absolute Gasteiger partial charge is 0.346 e. The van der Waals surface area contributed by atoms with Crippen LogP contribution in [0.15, 0.2) is 60.7 Å². The summed E-state index contributed by atoms with van der Waals surface area (Å²) in [7, 11) is 1.66. The molecule has 5 nitrogen and oxygen atoms in total. The molecule has 0 aliphatic rings. The van der Waals surface area contributed by atoms with Crippen LogP contribution in [0, 0.1) is 5.92 Å². The van der Waals surface area contributed by atoms with Crippen LogP contribution in [0.25, 0.3) is 0 Å². The highest BCUT2D eigenvalue weighted by Crippen LogP contribution is 2.27. The highest BCUT2D eigenvalue weighted by atomic mass is 16.6. The van der Waals surface area contributed by atoms with Crippen molar-refractivity contribution in [2.45, 2.75) is 64.8 Å². The van der Waals surface area contributed by atoms with Crippen LogP contribution >= 0.6 is 0 Å². The average Bonchev–Trinajstić information content (AvgIpc) is 2.72. The van der Waals surface area contributed by atoms with Gasteiger partial charge in [0, 0.05) is 12.5 Å². The molecule has 0 bridgehead atoms. The van der Waals surface area contributed by atoms with Crippen LogP contribution in [-0.2, 0) is 27.3 Å². The Morgan fingerprint density at radius 2 is 1.48 bits per heavy atom. The van der Waals surface area contributed by atoms with E-state index < -0.39 is 34.9 Å². The number of rotatable bonds is 9. The molecule has 0 fully saturated rings. The lowest BCUT2D eigenvalue weighted by Gasteiger charge is -2.37. The number of ether oxygens (including phenoxy) is 1. The van der Waals surface area contributed by atoms with E-state index in [1.54, 1.807) is 46.6 Å². The lowest BCUT2D eigenvalue weighted by Crippen LogP contribution is -2.60. The van der Waals surface area contributed by atoms with Crippen molar-refractivity contribution in [2.75, 3.05) is 7.05 Å². The van der Waals surface area contributed by atoms with Crippen molar-refractivity contribution in [3.8, 4) is 0 Å². The van der Waals surface area contributed by atoms with Gasteiger partial charge in [-0.25, -0.2) is 4.79 Å². The van der Waals surface area contributed by atoms with Gasteiger partial charge in [0.2, 0.25) is 5.60 Å². The van der Waals surface area contributed by atoms with E-state index in [0.29, 0.717) is 6.54 Å². The molecular weight excluding hydrogens is 390 g/mol. The Bertz CT molecular complexity index is 910. The molecule has 0 radical (unpaired) electrons. The number of hydrogen-bond acceptors (Lipinski definition) is 5. The molecule has 0 saturated heterocycles. The normalized spacial score (nSPS) is 16.4. The zero-order chi connectivity index (χ0) is 24.2. The van der Waals surface area contributed by atoms with Crippen LogP contribution in [0.1, 0.15) is 47.1 Å². The van der Waals surface area contributed by atoms with E-state index in [2.05, 4.69) is 0 Å². The molecule has 0 amide bonds. The second-order valence-electron chi connectivity index (χ2n) is 9.20. The summed E-state index contributed by atoms with van der Waals surface area (Å²) in [5.41, 5.74) is -1.68. The van der Waals surface area contributed by atoms with Gasteiger partial charge in [-0.05, 0) is 45.4 Å². The Hall–Kier alpha value is -2.50. The maximum atomic E-state index is 13.9. The number of ketones is 1. The fourth-order valence-electron chi connectivity index (χ4n) is 3.30. The number of carbonyl (C=O) groups excluding carboxylic acids is 2. The van der Waals surface area contributed by atoms with Crippen LogP contribution in [0.3, 0.4) is 0 Å². The standard InChI is InChI=1S/C26H35NO4/c1-19(2)26(30,24(29)31-25(3,4)5)23(28)22(17-20-13-9-7-10-14-20)27(6)18-21-15-11-8-12-16-21/h7-16,19,22,30H,17-18H2,1-6H3/t22-,26?/m0/s1/i22D. The molecule has 0 saturated carbocycles. The van der Waals surface area contributed by atoms with E-state index in [4.69, 9.17) is 4.74 Å². The maximum Gasteiger partial charge on any atom is 0.346 e. The molecule has 168 valence electrons. The van der Waals surface area contributed by atoms with Gasteiger partial charge in [-0.15, -0.1) is 0 Å². The molecule has 0 aromatic heterocycles. The van der Waals surface area contributed by atoms with Gasteiger partial charge < -0.3 is 9.84 Å². The minimum Gasteiger partial charge on any atom is -0.457 e. The fraction of sp³-hybridized carbons (Fsp3) is 0.462. The van der Waals surface area contributed by atoms with Gasteiger partial charge in [0.25, 0.3) is 0 Å². The van der Waals surface area contributed by atoms with E-state index in [-0.39, 0.29) is 6.42 Å².